The van der Waals surface area contributed by atoms with Crippen LogP contribution in [0.3, 0.4) is 0 Å². The Hall–Kier alpha value is -4.87. The minimum Gasteiger partial charge on any atom is -0.445 e. The highest BCUT2D eigenvalue weighted by Crippen LogP contribution is 2.39. The molecule has 50 heavy (non-hydrogen) atoms. The van der Waals surface area contributed by atoms with Crippen molar-refractivity contribution in [1.29, 1.82) is 0 Å². The Kier molecular flexibility index (Phi) is 11.3. The van der Waals surface area contributed by atoms with E-state index in [1.54, 1.807) is 0 Å². The van der Waals surface area contributed by atoms with Crippen LogP contribution in [-0.2, 0) is 43.6 Å². The summed E-state index contributed by atoms with van der Waals surface area (Å²) in [6.07, 6.45) is -1.21. The van der Waals surface area contributed by atoms with Gasteiger partial charge in [-0.1, -0.05) is 109 Å². The molecule has 10 heteroatoms. The third-order valence-electron chi connectivity index (χ3n) is 9.39. The van der Waals surface area contributed by atoms with Crippen LogP contribution in [0, 0.1) is 0 Å². The normalized spacial score (nSPS) is 21.3. The molecule has 4 aromatic carbocycles. The summed E-state index contributed by atoms with van der Waals surface area (Å²) in [5, 5.41) is 12.1. The first kappa shape index (κ1) is 35.0. The number of ether oxygens (including phenoxy) is 3. The van der Waals surface area contributed by atoms with E-state index < -0.39 is 24.3 Å². The van der Waals surface area contributed by atoms with Gasteiger partial charge in [-0.2, -0.15) is 0 Å². The van der Waals surface area contributed by atoms with Crippen LogP contribution in [0.15, 0.2) is 109 Å². The number of carbonyl (C=O) groups is 3. The van der Waals surface area contributed by atoms with Gasteiger partial charge in [-0.3, -0.25) is 19.4 Å². The highest BCUT2D eigenvalue weighted by molar-refractivity contribution is 6.06. The van der Waals surface area contributed by atoms with Gasteiger partial charge < -0.3 is 24.6 Å². The zero-order valence-electron chi connectivity index (χ0n) is 28.3. The number of aliphatic hydroxyl groups excluding tert-OH is 1. The molecule has 1 unspecified atom stereocenters. The minimum atomic E-state index is -0.975. The van der Waals surface area contributed by atoms with Gasteiger partial charge in [-0.25, -0.2) is 4.79 Å². The molecule has 5 atom stereocenters. The van der Waals surface area contributed by atoms with E-state index in [0.29, 0.717) is 13.0 Å². The second-order valence-electron chi connectivity index (χ2n) is 12.9. The second kappa shape index (κ2) is 16.2. The van der Waals surface area contributed by atoms with Crippen molar-refractivity contribution >= 4 is 17.9 Å². The summed E-state index contributed by atoms with van der Waals surface area (Å²) in [5.41, 5.74) is 5.45. The molecule has 4 aromatic rings. The van der Waals surface area contributed by atoms with E-state index in [-0.39, 0.29) is 50.3 Å². The maximum absolute atomic E-state index is 13.1. The van der Waals surface area contributed by atoms with Crippen LogP contribution in [0.5, 0.6) is 0 Å². The largest absolute Gasteiger partial charge is 0.445 e. The number of rotatable bonds is 12. The highest BCUT2D eigenvalue weighted by atomic mass is 16.7. The minimum absolute atomic E-state index is 0.0260. The Balaban J connectivity index is 1.10. The first-order chi connectivity index (χ1) is 24.3. The lowest BCUT2D eigenvalue weighted by atomic mass is 9.99. The van der Waals surface area contributed by atoms with E-state index in [0.717, 1.165) is 32.7 Å². The molecule has 2 saturated heterocycles. The number of amides is 3. The number of benzene rings is 4. The summed E-state index contributed by atoms with van der Waals surface area (Å²) in [6, 6.07) is 34.1. The average molecular weight is 678 g/mol. The van der Waals surface area contributed by atoms with Crippen molar-refractivity contribution in [2.45, 2.75) is 70.1 Å². The summed E-state index contributed by atoms with van der Waals surface area (Å²) < 4.78 is 18.3. The van der Waals surface area contributed by atoms with Crippen molar-refractivity contribution in [3.05, 3.63) is 143 Å². The number of likely N-dealkylation sites (N-methyl/N-ethyl adjacent to an activating group) is 1. The van der Waals surface area contributed by atoms with Gasteiger partial charge in [0.25, 0.3) is 5.91 Å². The van der Waals surface area contributed by atoms with Crippen molar-refractivity contribution in [2.24, 2.45) is 0 Å². The number of imide groups is 1. The molecule has 0 aliphatic carbocycles. The number of likely N-dealkylation sites (tertiary alicyclic amines) is 1. The van der Waals surface area contributed by atoms with Gasteiger partial charge in [0, 0.05) is 24.6 Å². The van der Waals surface area contributed by atoms with Crippen molar-refractivity contribution < 1.29 is 33.7 Å². The van der Waals surface area contributed by atoms with Gasteiger partial charge in [0.15, 0.2) is 6.29 Å². The van der Waals surface area contributed by atoms with Gasteiger partial charge >= 0.3 is 6.09 Å². The quantitative estimate of drug-likeness (QED) is 0.176. The van der Waals surface area contributed by atoms with Crippen LogP contribution in [0.4, 0.5) is 4.79 Å². The van der Waals surface area contributed by atoms with Crippen LogP contribution in [0.1, 0.15) is 71.6 Å². The number of aliphatic hydroxyl groups is 1. The molecular formula is C40H43N3O7. The van der Waals surface area contributed by atoms with Crippen LogP contribution in [-0.4, -0.2) is 58.6 Å². The first-order valence-electron chi connectivity index (χ1n) is 16.9. The van der Waals surface area contributed by atoms with E-state index in [9.17, 15) is 19.5 Å². The molecule has 0 saturated carbocycles. The summed E-state index contributed by atoms with van der Waals surface area (Å²) in [7, 11) is 2.10. The molecule has 2 fully saturated rings. The summed E-state index contributed by atoms with van der Waals surface area (Å²) in [4.78, 5) is 41.7. The third-order valence-corrected chi connectivity index (χ3v) is 9.39. The lowest BCUT2D eigenvalue weighted by Crippen LogP contribution is -2.41. The van der Waals surface area contributed by atoms with Crippen LogP contribution < -0.4 is 5.32 Å². The highest BCUT2D eigenvalue weighted by Gasteiger charge is 2.40. The zero-order chi connectivity index (χ0) is 35.0. The molecular weight excluding hydrogens is 634 g/mol. The third kappa shape index (κ3) is 8.64. The Labute approximate surface area is 292 Å². The fourth-order valence-electron chi connectivity index (χ4n) is 6.33. The van der Waals surface area contributed by atoms with Gasteiger partial charge in [-0.15, -0.1) is 0 Å². The van der Waals surface area contributed by atoms with E-state index in [1.807, 2.05) is 97.1 Å². The van der Waals surface area contributed by atoms with E-state index in [2.05, 4.69) is 36.3 Å². The molecule has 2 heterocycles. The smallest absolute Gasteiger partial charge is 0.408 e. The Morgan fingerprint density at radius 3 is 2.20 bits per heavy atom. The predicted octanol–water partition coefficient (Wildman–Crippen LogP) is 5.97. The molecule has 0 aromatic heterocycles. The van der Waals surface area contributed by atoms with Crippen molar-refractivity contribution in [3.63, 3.8) is 0 Å². The molecule has 0 radical (unpaired) electrons. The van der Waals surface area contributed by atoms with Crippen molar-refractivity contribution in [1.82, 2.24) is 15.1 Å². The molecule has 10 nitrogen and oxygen atoms in total. The lowest BCUT2D eigenvalue weighted by molar-refractivity contribution is -0.253. The molecule has 0 bridgehead atoms. The van der Waals surface area contributed by atoms with Crippen molar-refractivity contribution in [2.75, 3.05) is 13.6 Å². The number of hydrogen-bond acceptors (Lipinski definition) is 8. The molecule has 2 N–H and O–H groups in total. The Morgan fingerprint density at radius 1 is 0.880 bits per heavy atom. The molecule has 6 rings (SSSR count). The number of hydrogen-bond donors (Lipinski definition) is 2. The van der Waals surface area contributed by atoms with Gasteiger partial charge in [-0.05, 0) is 41.8 Å². The Bertz CT molecular complexity index is 1730. The SMILES string of the molecule is C[C@@H](c1ccccc1)N(C)C[C@H]1C[C@@H](c2ccc(CO)cc2)O[C@@H](c2ccc(CN3C(=O)CC(NC(=O)OCc4ccccc4)C3=O)cc2)O1. The number of nitrogens with one attached hydrogen (secondary N) is 1. The zero-order valence-corrected chi connectivity index (χ0v) is 28.3. The molecule has 0 spiro atoms. The van der Waals surface area contributed by atoms with Gasteiger partial charge in [0.2, 0.25) is 5.91 Å². The monoisotopic (exact) mass is 677 g/mol. The van der Waals surface area contributed by atoms with Crippen LogP contribution in [0.2, 0.25) is 0 Å². The van der Waals surface area contributed by atoms with Gasteiger partial charge in [0.05, 0.1) is 31.8 Å². The topological polar surface area (TPSA) is 118 Å². The number of alkyl carbamates (subject to hydrolysis) is 1. The van der Waals surface area contributed by atoms with Gasteiger partial charge in [0.1, 0.15) is 12.6 Å². The van der Waals surface area contributed by atoms with E-state index in [1.165, 1.54) is 5.56 Å². The summed E-state index contributed by atoms with van der Waals surface area (Å²) in [5.74, 6) is -0.834. The Morgan fingerprint density at radius 2 is 1.52 bits per heavy atom. The van der Waals surface area contributed by atoms with Crippen molar-refractivity contribution in [3.8, 4) is 0 Å². The summed E-state index contributed by atoms with van der Waals surface area (Å²) in [6.45, 7) is 2.98. The standard InChI is InChI=1S/C40H43N3O7/c1-27(31-11-7-4-8-12-31)42(2)24-34-21-36(32-17-15-29(25-44)16-18-32)50-39(49-34)33-19-13-28(14-20-33)23-43-37(45)22-35(38(43)46)41-40(47)48-26-30-9-5-3-6-10-30/h3-20,27,34-36,39,44H,21-26H2,1-2H3,(H,41,47)/t27-,34+,35?,36-,39-/m0/s1. The molecule has 2 aliphatic heterocycles. The van der Waals surface area contributed by atoms with Crippen LogP contribution >= 0.6 is 0 Å². The first-order valence-corrected chi connectivity index (χ1v) is 16.9. The lowest BCUT2D eigenvalue weighted by Gasteiger charge is -2.39. The molecule has 2 aliphatic rings. The predicted molar refractivity (Wildman–Crippen MR) is 186 cm³/mol. The fraction of sp³-hybridized carbons (Fsp3) is 0.325. The summed E-state index contributed by atoms with van der Waals surface area (Å²) >= 11 is 0. The van der Waals surface area contributed by atoms with E-state index >= 15 is 0 Å². The molecule has 260 valence electrons. The maximum atomic E-state index is 13.1. The van der Waals surface area contributed by atoms with E-state index in [4.69, 9.17) is 14.2 Å². The van der Waals surface area contributed by atoms with Crippen LogP contribution in [0.25, 0.3) is 0 Å². The molecule has 3 amide bonds. The fourth-order valence-corrected chi connectivity index (χ4v) is 6.33. The average Bonchev–Trinajstić information content (AvgIpc) is 3.41. The number of carbonyl (C=O) groups excluding carboxylic acids is 3. The second-order valence-corrected chi connectivity index (χ2v) is 12.9. The number of nitrogens with zero attached hydrogens (tertiary/aromatic N) is 2. The maximum Gasteiger partial charge on any atom is 0.408 e.